The van der Waals surface area contributed by atoms with E-state index in [4.69, 9.17) is 0 Å². The van der Waals surface area contributed by atoms with E-state index >= 15 is 0 Å². The molecule has 0 radical (unpaired) electrons. The Balaban J connectivity index is 2.04. The Kier molecular flexibility index (Phi) is 4.74. The van der Waals surface area contributed by atoms with Gasteiger partial charge in [0.15, 0.2) is 0 Å². The van der Waals surface area contributed by atoms with Crippen LogP contribution in [-0.4, -0.2) is 11.0 Å². The molecule has 0 aromatic heterocycles. The van der Waals surface area contributed by atoms with E-state index in [0.717, 1.165) is 28.6 Å². The number of amides is 1. The zero-order valence-electron chi connectivity index (χ0n) is 10.6. The highest BCUT2D eigenvalue weighted by Gasteiger charge is 2.11. The second kappa shape index (κ2) is 6.52. The van der Waals surface area contributed by atoms with Crippen LogP contribution in [0.3, 0.4) is 0 Å². The summed E-state index contributed by atoms with van der Waals surface area (Å²) in [6.07, 6.45) is 0. The lowest BCUT2D eigenvalue weighted by atomic mass is 10.1. The molecule has 1 amide bonds. The number of hydrogen-bond acceptors (Lipinski definition) is 2. The van der Waals surface area contributed by atoms with E-state index in [2.05, 4.69) is 21.2 Å². The van der Waals surface area contributed by atoms with E-state index < -0.39 is 11.7 Å². The van der Waals surface area contributed by atoms with E-state index in [1.54, 1.807) is 0 Å². The van der Waals surface area contributed by atoms with Gasteiger partial charge in [-0.15, -0.1) is 0 Å². The minimum atomic E-state index is -0.580. The number of nitrogens with one attached hydrogen (secondary N) is 1. The molecule has 2 N–H and O–H groups in total. The average molecular weight is 338 g/mol. The zero-order chi connectivity index (χ0) is 14.5. The van der Waals surface area contributed by atoms with Gasteiger partial charge in [0.2, 0.25) is 0 Å². The predicted molar refractivity (Wildman–Crippen MR) is 78.3 cm³/mol. The predicted octanol–water partition coefficient (Wildman–Crippen LogP) is 3.36. The molecule has 0 unspecified atom stereocenters. The van der Waals surface area contributed by atoms with Crippen molar-refractivity contribution >= 4 is 21.8 Å². The van der Waals surface area contributed by atoms with Crippen LogP contribution in [0.15, 0.2) is 42.5 Å². The molecule has 0 aliphatic carbocycles. The minimum absolute atomic E-state index is 0.0584. The quantitative estimate of drug-likeness (QED) is 0.840. The van der Waals surface area contributed by atoms with Crippen molar-refractivity contribution in [2.75, 3.05) is 0 Å². The van der Waals surface area contributed by atoms with Crippen LogP contribution in [0.1, 0.15) is 21.5 Å². The van der Waals surface area contributed by atoms with Crippen LogP contribution in [0.4, 0.5) is 4.39 Å². The van der Waals surface area contributed by atoms with E-state index in [0.29, 0.717) is 6.54 Å². The molecule has 0 saturated heterocycles. The van der Waals surface area contributed by atoms with Crippen molar-refractivity contribution in [1.82, 2.24) is 5.32 Å². The van der Waals surface area contributed by atoms with Crippen LogP contribution in [-0.2, 0) is 11.9 Å². The highest BCUT2D eigenvalue weighted by molar-refractivity contribution is 9.08. The van der Waals surface area contributed by atoms with Gasteiger partial charge in [-0.3, -0.25) is 4.79 Å². The maximum absolute atomic E-state index is 12.8. The SMILES string of the molecule is O=C(NCc1cccc(CBr)c1)c1ccc(F)cc1O. The van der Waals surface area contributed by atoms with Crippen molar-refractivity contribution < 1.29 is 14.3 Å². The molecular weight excluding hydrogens is 325 g/mol. The van der Waals surface area contributed by atoms with Crippen molar-refractivity contribution in [3.63, 3.8) is 0 Å². The fraction of sp³-hybridized carbons (Fsp3) is 0.133. The fourth-order valence-corrected chi connectivity index (χ4v) is 2.15. The van der Waals surface area contributed by atoms with Gasteiger partial charge in [-0.2, -0.15) is 0 Å². The first kappa shape index (κ1) is 14.5. The van der Waals surface area contributed by atoms with E-state index in [9.17, 15) is 14.3 Å². The Labute approximate surface area is 124 Å². The number of phenols is 1. The first-order valence-electron chi connectivity index (χ1n) is 6.00. The zero-order valence-corrected chi connectivity index (χ0v) is 12.2. The first-order valence-corrected chi connectivity index (χ1v) is 7.13. The van der Waals surface area contributed by atoms with Crippen molar-refractivity contribution in [2.24, 2.45) is 0 Å². The summed E-state index contributed by atoms with van der Waals surface area (Å²) in [4.78, 5) is 11.9. The Morgan fingerprint density at radius 1 is 1.20 bits per heavy atom. The van der Waals surface area contributed by atoms with Crippen LogP contribution in [0.5, 0.6) is 5.75 Å². The maximum atomic E-state index is 12.8. The average Bonchev–Trinajstić information content (AvgIpc) is 2.45. The Morgan fingerprint density at radius 3 is 2.65 bits per heavy atom. The highest BCUT2D eigenvalue weighted by Crippen LogP contribution is 2.18. The summed E-state index contributed by atoms with van der Waals surface area (Å²) in [5.41, 5.74) is 2.13. The maximum Gasteiger partial charge on any atom is 0.255 e. The number of phenolic OH excluding ortho intramolecular Hbond substituents is 1. The standard InChI is InChI=1S/C15H13BrFNO2/c16-8-10-2-1-3-11(6-10)9-18-15(20)13-5-4-12(17)7-14(13)19/h1-7,19H,8-9H2,(H,18,20). The lowest BCUT2D eigenvalue weighted by Crippen LogP contribution is -2.22. The van der Waals surface area contributed by atoms with E-state index in [-0.39, 0.29) is 11.3 Å². The van der Waals surface area contributed by atoms with Gasteiger partial charge in [0, 0.05) is 17.9 Å². The van der Waals surface area contributed by atoms with Gasteiger partial charge in [-0.25, -0.2) is 4.39 Å². The molecule has 20 heavy (non-hydrogen) atoms. The molecule has 0 heterocycles. The van der Waals surface area contributed by atoms with Gasteiger partial charge < -0.3 is 10.4 Å². The monoisotopic (exact) mass is 337 g/mol. The summed E-state index contributed by atoms with van der Waals surface area (Å²) < 4.78 is 12.8. The molecule has 0 aliphatic heterocycles. The molecule has 5 heteroatoms. The van der Waals surface area contributed by atoms with Crippen LogP contribution < -0.4 is 5.32 Å². The van der Waals surface area contributed by atoms with Crippen LogP contribution in [0.2, 0.25) is 0 Å². The molecule has 2 rings (SSSR count). The molecule has 0 aliphatic rings. The van der Waals surface area contributed by atoms with Gasteiger partial charge in [-0.1, -0.05) is 40.2 Å². The number of alkyl halides is 1. The Bertz CT molecular complexity index is 631. The van der Waals surface area contributed by atoms with Crippen molar-refractivity contribution in [3.8, 4) is 5.75 Å². The first-order chi connectivity index (χ1) is 9.60. The molecule has 0 bridgehead atoms. The van der Waals surface area contributed by atoms with Crippen molar-refractivity contribution in [1.29, 1.82) is 0 Å². The third kappa shape index (κ3) is 3.57. The number of rotatable bonds is 4. The third-order valence-corrected chi connectivity index (χ3v) is 3.45. The van der Waals surface area contributed by atoms with E-state index in [1.807, 2.05) is 24.3 Å². The molecule has 2 aromatic rings. The number of halogens is 2. The Morgan fingerprint density at radius 2 is 1.95 bits per heavy atom. The summed E-state index contributed by atoms with van der Waals surface area (Å²) in [6, 6.07) is 11.1. The van der Waals surface area contributed by atoms with Crippen LogP contribution >= 0.6 is 15.9 Å². The molecule has 0 fully saturated rings. The van der Waals surface area contributed by atoms with E-state index in [1.165, 1.54) is 6.07 Å². The number of hydrogen-bond donors (Lipinski definition) is 2. The normalized spacial score (nSPS) is 10.3. The molecule has 104 valence electrons. The number of benzene rings is 2. The lowest BCUT2D eigenvalue weighted by molar-refractivity contribution is 0.0948. The molecule has 0 spiro atoms. The molecular formula is C15H13BrFNO2. The summed E-state index contributed by atoms with van der Waals surface area (Å²) in [5, 5.41) is 13.0. The van der Waals surface area contributed by atoms with Gasteiger partial charge in [-0.05, 0) is 23.3 Å². The summed E-state index contributed by atoms with van der Waals surface area (Å²) in [5.74, 6) is -1.38. The molecule has 0 atom stereocenters. The smallest absolute Gasteiger partial charge is 0.255 e. The summed E-state index contributed by atoms with van der Waals surface area (Å²) >= 11 is 3.37. The van der Waals surface area contributed by atoms with Crippen molar-refractivity contribution in [3.05, 3.63) is 65.0 Å². The Hall–Kier alpha value is -1.88. The lowest BCUT2D eigenvalue weighted by Gasteiger charge is -2.08. The molecule has 0 saturated carbocycles. The minimum Gasteiger partial charge on any atom is -0.507 e. The highest BCUT2D eigenvalue weighted by atomic mass is 79.9. The number of carbonyl (C=O) groups excluding carboxylic acids is 1. The second-order valence-corrected chi connectivity index (χ2v) is 4.86. The molecule has 2 aromatic carbocycles. The second-order valence-electron chi connectivity index (χ2n) is 4.30. The number of carbonyl (C=O) groups is 1. The van der Waals surface area contributed by atoms with Gasteiger partial charge in [0.1, 0.15) is 11.6 Å². The summed E-state index contributed by atoms with van der Waals surface area (Å²) in [6.45, 7) is 0.344. The number of aromatic hydroxyl groups is 1. The summed E-state index contributed by atoms with van der Waals surface area (Å²) in [7, 11) is 0. The largest absolute Gasteiger partial charge is 0.507 e. The van der Waals surface area contributed by atoms with Gasteiger partial charge in [0.05, 0.1) is 5.56 Å². The third-order valence-electron chi connectivity index (χ3n) is 2.80. The van der Waals surface area contributed by atoms with Gasteiger partial charge >= 0.3 is 0 Å². The topological polar surface area (TPSA) is 49.3 Å². The van der Waals surface area contributed by atoms with Crippen molar-refractivity contribution in [2.45, 2.75) is 11.9 Å². The van der Waals surface area contributed by atoms with Gasteiger partial charge in [0.25, 0.3) is 5.91 Å². The molecule has 3 nitrogen and oxygen atoms in total. The van der Waals surface area contributed by atoms with Crippen LogP contribution in [0.25, 0.3) is 0 Å². The van der Waals surface area contributed by atoms with Crippen LogP contribution in [0, 0.1) is 5.82 Å². The fourth-order valence-electron chi connectivity index (χ4n) is 1.80.